The molecule has 1 aliphatic carbocycles. The first-order valence-electron chi connectivity index (χ1n) is 6.15. The molecule has 0 bridgehead atoms. The summed E-state index contributed by atoms with van der Waals surface area (Å²) in [5, 5.41) is 2.73. The molecule has 0 aromatic heterocycles. The van der Waals surface area contributed by atoms with Crippen LogP contribution in [0.15, 0.2) is 54.1 Å². The van der Waals surface area contributed by atoms with Crippen LogP contribution < -0.4 is 5.32 Å². The largest absolute Gasteiger partial charge is 0.445 e. The van der Waals surface area contributed by atoms with Crippen LogP contribution in [0.4, 0.5) is 4.79 Å². The van der Waals surface area contributed by atoms with E-state index in [0.29, 0.717) is 13.2 Å². The maximum Gasteiger partial charge on any atom is 0.407 e. The van der Waals surface area contributed by atoms with Gasteiger partial charge in [-0.25, -0.2) is 4.79 Å². The highest BCUT2D eigenvalue weighted by Crippen LogP contribution is 2.09. The Bertz CT molecular complexity index is 454. The van der Waals surface area contributed by atoms with Gasteiger partial charge < -0.3 is 10.1 Å². The second kappa shape index (κ2) is 6.64. The third kappa shape index (κ3) is 4.09. The van der Waals surface area contributed by atoms with E-state index in [9.17, 15) is 4.79 Å². The maximum atomic E-state index is 11.5. The van der Waals surface area contributed by atoms with E-state index in [4.69, 9.17) is 4.74 Å². The number of carbonyl (C=O) groups excluding carboxylic acids is 1. The Morgan fingerprint density at radius 2 is 2.11 bits per heavy atom. The molecule has 0 spiro atoms. The summed E-state index contributed by atoms with van der Waals surface area (Å²) in [6.07, 6.45) is 7.93. The number of carbonyl (C=O) groups is 1. The van der Waals surface area contributed by atoms with Gasteiger partial charge in [-0.15, -0.1) is 0 Å². The highest BCUT2D eigenvalue weighted by atomic mass is 16.5. The lowest BCUT2D eigenvalue weighted by atomic mass is 10.1. The second-order valence-electron chi connectivity index (χ2n) is 4.17. The minimum Gasteiger partial charge on any atom is -0.445 e. The van der Waals surface area contributed by atoms with E-state index in [1.807, 2.05) is 36.4 Å². The summed E-state index contributed by atoms with van der Waals surface area (Å²) in [6.45, 7) is 0.839. The van der Waals surface area contributed by atoms with Crippen LogP contribution in [0.25, 0.3) is 0 Å². The van der Waals surface area contributed by atoms with Gasteiger partial charge in [0.2, 0.25) is 0 Å². The monoisotopic (exact) mass is 245 g/mol. The molecule has 0 saturated heterocycles. The van der Waals surface area contributed by atoms with Crippen molar-refractivity contribution < 1.29 is 11.0 Å². The summed E-state index contributed by atoms with van der Waals surface area (Å²) >= 11 is 0. The summed E-state index contributed by atoms with van der Waals surface area (Å²) in [5.74, 6) is 0. The summed E-state index contributed by atoms with van der Waals surface area (Å²) in [7, 11) is 0. The molecule has 1 aromatic carbocycles. The molecule has 3 heteroatoms. The number of benzene rings is 1. The van der Waals surface area contributed by atoms with E-state index in [0.717, 1.165) is 24.0 Å². The zero-order valence-corrected chi connectivity index (χ0v) is 10.3. The predicted molar refractivity (Wildman–Crippen MR) is 73.2 cm³/mol. The Balaban J connectivity index is 0.00000180. The molecule has 2 rings (SSSR count). The van der Waals surface area contributed by atoms with E-state index in [2.05, 4.69) is 17.5 Å². The molecule has 0 atom stereocenters. The molecule has 0 aliphatic heterocycles. The van der Waals surface area contributed by atoms with Crippen molar-refractivity contribution in [2.75, 3.05) is 6.61 Å². The Morgan fingerprint density at radius 1 is 1.28 bits per heavy atom. The molecule has 3 nitrogen and oxygen atoms in total. The molecule has 0 saturated carbocycles. The van der Waals surface area contributed by atoms with Gasteiger partial charge in [-0.3, -0.25) is 0 Å². The maximum absolute atomic E-state index is 11.5. The van der Waals surface area contributed by atoms with Gasteiger partial charge >= 0.3 is 6.09 Å². The molecular formula is C15H19NO2. The molecule has 1 aliphatic rings. The van der Waals surface area contributed by atoms with Gasteiger partial charge in [-0.1, -0.05) is 48.6 Å². The minimum atomic E-state index is -0.376. The predicted octanol–water partition coefficient (Wildman–Crippen LogP) is 3.44. The lowest BCUT2D eigenvalue weighted by Crippen LogP contribution is -2.24. The van der Waals surface area contributed by atoms with Gasteiger partial charge in [0.15, 0.2) is 0 Å². The summed E-state index contributed by atoms with van der Waals surface area (Å²) in [6, 6.07) is 9.77. The first kappa shape index (κ1) is 12.4. The first-order chi connectivity index (χ1) is 8.84. The van der Waals surface area contributed by atoms with Crippen LogP contribution in [-0.4, -0.2) is 12.7 Å². The van der Waals surface area contributed by atoms with Crippen LogP contribution in [-0.2, 0) is 11.3 Å². The Morgan fingerprint density at radius 3 is 2.83 bits per heavy atom. The Kier molecular flexibility index (Phi) is 4.59. The van der Waals surface area contributed by atoms with Gasteiger partial charge in [0, 0.05) is 7.97 Å². The van der Waals surface area contributed by atoms with Gasteiger partial charge in [-0.05, 0) is 24.0 Å². The SMILES string of the molecule is O=C(NCc1ccccc1)OCC1=CCCC=C1.[HH]. The molecule has 1 N–H and O–H groups in total. The van der Waals surface area contributed by atoms with Crippen LogP contribution in [0.2, 0.25) is 0 Å². The van der Waals surface area contributed by atoms with E-state index in [1.54, 1.807) is 0 Å². The zero-order chi connectivity index (χ0) is 12.6. The third-order valence-electron chi connectivity index (χ3n) is 2.72. The Labute approximate surface area is 109 Å². The smallest absolute Gasteiger partial charge is 0.407 e. The van der Waals surface area contributed by atoms with Crippen molar-refractivity contribution in [3.8, 4) is 0 Å². The van der Waals surface area contributed by atoms with Gasteiger partial charge in [0.25, 0.3) is 0 Å². The number of hydrogen-bond donors (Lipinski definition) is 1. The van der Waals surface area contributed by atoms with Gasteiger partial charge in [0.1, 0.15) is 6.61 Å². The van der Waals surface area contributed by atoms with Gasteiger partial charge in [0.05, 0.1) is 0 Å². The van der Waals surface area contributed by atoms with Crippen molar-refractivity contribution in [2.45, 2.75) is 19.4 Å². The van der Waals surface area contributed by atoms with Crippen molar-refractivity contribution in [1.29, 1.82) is 0 Å². The quantitative estimate of drug-likeness (QED) is 0.882. The third-order valence-corrected chi connectivity index (χ3v) is 2.72. The molecule has 0 fully saturated rings. The van der Waals surface area contributed by atoms with Crippen molar-refractivity contribution in [2.24, 2.45) is 0 Å². The van der Waals surface area contributed by atoms with Crippen molar-refractivity contribution >= 4 is 6.09 Å². The summed E-state index contributed by atoms with van der Waals surface area (Å²) in [5.41, 5.74) is 2.13. The topological polar surface area (TPSA) is 38.3 Å². The number of hydrogen-bond acceptors (Lipinski definition) is 2. The zero-order valence-electron chi connectivity index (χ0n) is 10.3. The molecule has 0 radical (unpaired) electrons. The minimum absolute atomic E-state index is 0. The lowest BCUT2D eigenvalue weighted by molar-refractivity contribution is 0.156. The second-order valence-corrected chi connectivity index (χ2v) is 4.17. The number of alkyl carbamates (subject to hydrolysis) is 1. The highest BCUT2D eigenvalue weighted by Gasteiger charge is 2.04. The normalized spacial score (nSPS) is 13.9. The van der Waals surface area contributed by atoms with Gasteiger partial charge in [-0.2, -0.15) is 0 Å². The van der Waals surface area contributed by atoms with Crippen molar-refractivity contribution in [3.63, 3.8) is 0 Å². The molecule has 0 unspecified atom stereocenters. The fraction of sp³-hybridized carbons (Fsp3) is 0.267. The molecule has 96 valence electrons. The number of amides is 1. The van der Waals surface area contributed by atoms with E-state index in [1.165, 1.54) is 0 Å². The van der Waals surface area contributed by atoms with E-state index in [-0.39, 0.29) is 7.52 Å². The fourth-order valence-corrected chi connectivity index (χ4v) is 1.74. The standard InChI is InChI=1S/C15H17NO2.H2/c17-15(16-11-13-7-3-1-4-8-13)18-12-14-9-5-2-6-10-14;/h1,3-5,7-10H,2,6,11-12H2,(H,16,17);1H. The molecule has 1 aromatic rings. The number of nitrogens with one attached hydrogen (secondary N) is 1. The van der Waals surface area contributed by atoms with Crippen LogP contribution in [0.3, 0.4) is 0 Å². The number of allylic oxidation sites excluding steroid dienone is 2. The molecule has 1 amide bonds. The van der Waals surface area contributed by atoms with E-state index < -0.39 is 0 Å². The van der Waals surface area contributed by atoms with Crippen LogP contribution in [0.5, 0.6) is 0 Å². The van der Waals surface area contributed by atoms with Crippen LogP contribution >= 0.6 is 0 Å². The lowest BCUT2D eigenvalue weighted by Gasteiger charge is -2.09. The molecular weight excluding hydrogens is 226 g/mol. The Hall–Kier alpha value is -2.03. The van der Waals surface area contributed by atoms with Crippen LogP contribution in [0.1, 0.15) is 19.8 Å². The van der Waals surface area contributed by atoms with E-state index >= 15 is 0 Å². The summed E-state index contributed by atoms with van der Waals surface area (Å²) < 4.78 is 5.13. The average Bonchev–Trinajstić information content (AvgIpc) is 2.45. The van der Waals surface area contributed by atoms with Crippen LogP contribution in [0, 0.1) is 0 Å². The van der Waals surface area contributed by atoms with Crippen molar-refractivity contribution in [1.82, 2.24) is 5.32 Å². The number of rotatable bonds is 4. The van der Waals surface area contributed by atoms with Crippen molar-refractivity contribution in [3.05, 3.63) is 59.7 Å². The first-order valence-corrected chi connectivity index (χ1v) is 6.15. The molecule has 18 heavy (non-hydrogen) atoms. The number of ether oxygens (including phenoxy) is 1. The summed E-state index contributed by atoms with van der Waals surface area (Å²) in [4.78, 5) is 11.5. The average molecular weight is 245 g/mol. The molecule has 0 heterocycles. The highest BCUT2D eigenvalue weighted by molar-refractivity contribution is 5.67. The fourth-order valence-electron chi connectivity index (χ4n) is 1.74.